The molecule has 0 aliphatic heterocycles. The van der Waals surface area contributed by atoms with Crippen LogP contribution >= 0.6 is 0 Å². The summed E-state index contributed by atoms with van der Waals surface area (Å²) in [6.45, 7) is 3.25. The smallest absolute Gasteiger partial charge is 0.358 e. The first-order valence-corrected chi connectivity index (χ1v) is 1.57. The second-order valence-electron chi connectivity index (χ2n) is 0.899. The van der Waals surface area contributed by atoms with Gasteiger partial charge in [0.05, 0.1) is 0 Å². The molecule has 0 amide bonds. The molecule has 0 spiro atoms. The Labute approximate surface area is 58.2 Å². The summed E-state index contributed by atoms with van der Waals surface area (Å²) in [5.41, 5.74) is 0. The summed E-state index contributed by atoms with van der Waals surface area (Å²) >= 11 is 0. The molecule has 38 valence electrons. The van der Waals surface area contributed by atoms with Crippen molar-refractivity contribution in [3.8, 4) is 0 Å². The van der Waals surface area contributed by atoms with Crippen molar-refractivity contribution < 1.29 is 24.3 Å². The second-order valence-corrected chi connectivity index (χ2v) is 0.899. The largest absolute Gasteiger partial charge is 2.00 e. The predicted molar refractivity (Wildman–Crippen MR) is 27.1 cm³/mol. The van der Waals surface area contributed by atoms with Gasteiger partial charge in [0.2, 0.25) is 0 Å². The van der Waals surface area contributed by atoms with E-state index >= 15 is 0 Å². The van der Waals surface area contributed by atoms with Crippen LogP contribution in [0.5, 0.6) is 0 Å². The molecule has 0 aromatic heterocycles. The van der Waals surface area contributed by atoms with Gasteiger partial charge in [0.25, 0.3) is 0 Å². The molecule has 0 aromatic carbocycles. The SMILES string of the molecule is C[CH-]C(C)=O.[CH3-].[Zn+2]. The Morgan fingerprint density at radius 2 is 1.71 bits per heavy atom. The number of ketones is 1. The first-order valence-electron chi connectivity index (χ1n) is 1.57. The molecular formula is C5H10OZn. The van der Waals surface area contributed by atoms with Gasteiger partial charge in [-0.2, -0.15) is 6.92 Å². The Hall–Kier alpha value is 0.163. The molecule has 0 unspecified atom stereocenters. The van der Waals surface area contributed by atoms with Crippen molar-refractivity contribution in [3.05, 3.63) is 13.8 Å². The first kappa shape index (κ1) is 15.7. The van der Waals surface area contributed by atoms with E-state index in [1.165, 1.54) is 13.3 Å². The summed E-state index contributed by atoms with van der Waals surface area (Å²) in [7, 11) is 0. The average Bonchev–Trinajstić information content (AvgIpc) is 1.38. The van der Waals surface area contributed by atoms with Gasteiger partial charge in [-0.15, -0.1) is 0 Å². The number of hydrogen-bond acceptors (Lipinski definition) is 1. The molecule has 0 aromatic rings. The third kappa shape index (κ3) is 22.8. The van der Waals surface area contributed by atoms with Crippen molar-refractivity contribution in [2.45, 2.75) is 13.8 Å². The van der Waals surface area contributed by atoms with Gasteiger partial charge in [0.15, 0.2) is 0 Å². The normalized spacial score (nSPS) is 4.86. The molecule has 0 aliphatic rings. The van der Waals surface area contributed by atoms with Crippen molar-refractivity contribution >= 4 is 5.78 Å². The van der Waals surface area contributed by atoms with Gasteiger partial charge in [0.1, 0.15) is 0 Å². The van der Waals surface area contributed by atoms with Crippen LogP contribution in [0.15, 0.2) is 0 Å². The Morgan fingerprint density at radius 1 is 1.57 bits per heavy atom. The van der Waals surface area contributed by atoms with E-state index in [0.29, 0.717) is 0 Å². The fraction of sp³-hybridized carbons (Fsp3) is 0.400. The third-order valence-electron chi connectivity index (χ3n) is 0.407. The minimum absolute atomic E-state index is 0. The number of hydrogen-bond donors (Lipinski definition) is 0. The van der Waals surface area contributed by atoms with Crippen LogP contribution in [-0.2, 0) is 24.3 Å². The molecule has 7 heavy (non-hydrogen) atoms. The minimum atomic E-state index is 0. The van der Waals surface area contributed by atoms with E-state index in [4.69, 9.17) is 0 Å². The Kier molecular flexibility index (Phi) is 21.3. The van der Waals surface area contributed by atoms with E-state index in [2.05, 4.69) is 0 Å². The zero-order valence-corrected chi connectivity index (χ0v) is 8.16. The molecule has 0 heterocycles. The number of carbonyl (C=O) groups excluding carboxylic acids is 1. The van der Waals surface area contributed by atoms with E-state index in [9.17, 15) is 4.79 Å². The van der Waals surface area contributed by atoms with Crippen molar-refractivity contribution in [2.24, 2.45) is 0 Å². The van der Waals surface area contributed by atoms with Gasteiger partial charge in [-0.25, -0.2) is 0 Å². The minimum Gasteiger partial charge on any atom is -0.358 e. The molecule has 0 saturated heterocycles. The van der Waals surface area contributed by atoms with Gasteiger partial charge in [-0.1, -0.05) is 0 Å². The Bertz CT molecular complexity index is 43.3. The maximum atomic E-state index is 9.76. The van der Waals surface area contributed by atoms with Crippen LogP contribution < -0.4 is 0 Å². The van der Waals surface area contributed by atoms with Gasteiger partial charge >= 0.3 is 19.5 Å². The summed E-state index contributed by atoms with van der Waals surface area (Å²) in [4.78, 5) is 9.76. The Morgan fingerprint density at radius 3 is 1.71 bits per heavy atom. The summed E-state index contributed by atoms with van der Waals surface area (Å²) in [5, 5.41) is 0. The number of rotatable bonds is 1. The molecular weight excluding hydrogens is 141 g/mol. The van der Waals surface area contributed by atoms with Crippen LogP contribution in [-0.4, -0.2) is 5.78 Å². The van der Waals surface area contributed by atoms with Crippen molar-refractivity contribution in [1.82, 2.24) is 0 Å². The second kappa shape index (κ2) is 9.48. The van der Waals surface area contributed by atoms with Crippen LogP contribution in [0.3, 0.4) is 0 Å². The molecule has 1 nitrogen and oxygen atoms in total. The van der Waals surface area contributed by atoms with Crippen molar-refractivity contribution in [1.29, 1.82) is 0 Å². The molecule has 0 aliphatic carbocycles. The topological polar surface area (TPSA) is 17.1 Å². The van der Waals surface area contributed by atoms with Gasteiger partial charge in [0, 0.05) is 0 Å². The molecule has 0 rings (SSSR count). The van der Waals surface area contributed by atoms with Crippen LogP contribution in [0.4, 0.5) is 0 Å². The third-order valence-corrected chi connectivity index (χ3v) is 0.407. The van der Waals surface area contributed by atoms with Gasteiger partial charge in [-0.3, -0.25) is 0 Å². The Balaban J connectivity index is -0.0000000800. The van der Waals surface area contributed by atoms with E-state index < -0.39 is 0 Å². The maximum Gasteiger partial charge on any atom is 2.00 e. The molecule has 0 fully saturated rings. The quantitative estimate of drug-likeness (QED) is 0.407. The number of carbonyl (C=O) groups is 1. The van der Waals surface area contributed by atoms with Crippen molar-refractivity contribution in [3.63, 3.8) is 0 Å². The van der Waals surface area contributed by atoms with Crippen LogP contribution in [0.25, 0.3) is 0 Å². The summed E-state index contributed by atoms with van der Waals surface area (Å²) in [6, 6.07) is 0. The molecule has 2 heteroatoms. The zero-order valence-electron chi connectivity index (χ0n) is 5.19. The van der Waals surface area contributed by atoms with Crippen LogP contribution in [0.2, 0.25) is 0 Å². The summed E-state index contributed by atoms with van der Waals surface area (Å²) in [6.07, 6.45) is 1.53. The van der Waals surface area contributed by atoms with Gasteiger partial charge in [-0.05, 0) is 12.7 Å². The standard InChI is InChI=1S/C4H7O.CH3.Zn/c1-3-4(2)5;;/h3H,1-2H3;1H3;/q2*-1;+2. The molecule has 0 atom stereocenters. The summed E-state index contributed by atoms with van der Waals surface area (Å²) in [5.74, 6) is 0.130. The van der Waals surface area contributed by atoms with E-state index in [1.807, 2.05) is 0 Å². The predicted octanol–water partition coefficient (Wildman–Crippen LogP) is 1.25. The fourth-order valence-electron chi connectivity index (χ4n) is 0. The summed E-state index contributed by atoms with van der Waals surface area (Å²) < 4.78 is 0. The van der Waals surface area contributed by atoms with E-state index in [-0.39, 0.29) is 32.7 Å². The van der Waals surface area contributed by atoms with Crippen LogP contribution in [0, 0.1) is 13.8 Å². The molecule has 0 saturated carbocycles. The first-order chi connectivity index (χ1) is 2.27. The zero-order chi connectivity index (χ0) is 4.28. The van der Waals surface area contributed by atoms with Gasteiger partial charge < -0.3 is 18.6 Å². The molecule has 0 bridgehead atoms. The monoisotopic (exact) mass is 150 g/mol. The van der Waals surface area contributed by atoms with Crippen molar-refractivity contribution in [2.75, 3.05) is 0 Å². The fourth-order valence-corrected chi connectivity index (χ4v) is 0. The van der Waals surface area contributed by atoms with Crippen LogP contribution in [0.1, 0.15) is 13.8 Å². The maximum absolute atomic E-state index is 9.76. The van der Waals surface area contributed by atoms with E-state index in [1.54, 1.807) is 6.92 Å². The van der Waals surface area contributed by atoms with E-state index in [0.717, 1.165) is 0 Å². The average molecular weight is 152 g/mol. The molecule has 0 radical (unpaired) electrons. The molecule has 0 N–H and O–H groups in total. The number of Topliss-reactive ketones (excluding diaryl/α,β-unsaturated/α-hetero) is 1.